The monoisotopic (exact) mass is 462 g/mol. The van der Waals surface area contributed by atoms with Gasteiger partial charge in [0.15, 0.2) is 0 Å². The van der Waals surface area contributed by atoms with Crippen LogP contribution in [0.15, 0.2) is 42.6 Å². The summed E-state index contributed by atoms with van der Waals surface area (Å²) in [6.07, 6.45) is -2.70. The van der Waals surface area contributed by atoms with E-state index in [-0.39, 0.29) is 31.3 Å². The third kappa shape index (κ3) is 5.81. The van der Waals surface area contributed by atoms with E-state index in [1.54, 1.807) is 12.3 Å². The number of carbonyl (C=O) groups is 2. The molecule has 2 aromatic rings. The van der Waals surface area contributed by atoms with Gasteiger partial charge >= 0.3 is 6.18 Å². The van der Waals surface area contributed by atoms with Crippen LogP contribution in [0.25, 0.3) is 0 Å². The van der Waals surface area contributed by atoms with Crippen LogP contribution in [0.3, 0.4) is 0 Å². The second kappa shape index (κ2) is 9.78. The molecule has 2 fully saturated rings. The van der Waals surface area contributed by atoms with Gasteiger partial charge in [0, 0.05) is 45.3 Å². The fourth-order valence-electron chi connectivity index (χ4n) is 4.04. The van der Waals surface area contributed by atoms with Crippen LogP contribution >= 0.6 is 0 Å². The topological polar surface area (TPSA) is 74.8 Å². The predicted molar refractivity (Wildman–Crippen MR) is 114 cm³/mol. The van der Waals surface area contributed by atoms with Crippen molar-refractivity contribution in [2.45, 2.75) is 25.7 Å². The first-order chi connectivity index (χ1) is 15.8. The minimum absolute atomic E-state index is 0.0415. The number of hydrogen-bond acceptors (Lipinski definition) is 5. The first kappa shape index (κ1) is 23.0. The smallest absolute Gasteiger partial charge is 0.378 e. The molecule has 4 rings (SSSR count). The summed E-state index contributed by atoms with van der Waals surface area (Å²) in [5.74, 6) is -0.206. The first-order valence-corrected chi connectivity index (χ1v) is 10.8. The van der Waals surface area contributed by atoms with Crippen molar-refractivity contribution in [2.24, 2.45) is 5.92 Å². The summed E-state index contributed by atoms with van der Waals surface area (Å²) in [7, 11) is 0. The molecule has 2 amide bonds. The van der Waals surface area contributed by atoms with E-state index >= 15 is 0 Å². The van der Waals surface area contributed by atoms with Crippen LogP contribution in [-0.2, 0) is 33.6 Å². The number of amides is 2. The zero-order chi connectivity index (χ0) is 23.4. The molecule has 1 N–H and O–H groups in total. The van der Waals surface area contributed by atoms with E-state index in [0.717, 1.165) is 36.6 Å². The zero-order valence-electron chi connectivity index (χ0n) is 18.0. The minimum Gasteiger partial charge on any atom is -0.378 e. The second-order valence-electron chi connectivity index (χ2n) is 8.21. The molecule has 0 aliphatic carbocycles. The Kier molecular flexibility index (Phi) is 6.83. The molecule has 33 heavy (non-hydrogen) atoms. The SMILES string of the molecule is O=C(NCc1ccnc(N2CCOCC2)c1)C1CC(=O)N(Cc2cccc(C(F)(F)F)c2)C1. The Balaban J connectivity index is 1.32. The van der Waals surface area contributed by atoms with Crippen LogP contribution in [0.2, 0.25) is 0 Å². The predicted octanol–water partition coefficient (Wildman–Crippen LogP) is 2.60. The first-order valence-electron chi connectivity index (χ1n) is 10.8. The average molecular weight is 462 g/mol. The van der Waals surface area contributed by atoms with Crippen LogP contribution < -0.4 is 10.2 Å². The van der Waals surface area contributed by atoms with Crippen LogP contribution in [0.1, 0.15) is 23.1 Å². The number of pyridine rings is 1. The van der Waals surface area contributed by atoms with Gasteiger partial charge in [0.25, 0.3) is 0 Å². The molecule has 1 unspecified atom stereocenters. The number of nitrogens with zero attached hydrogens (tertiary/aromatic N) is 3. The number of aromatic nitrogens is 1. The summed E-state index contributed by atoms with van der Waals surface area (Å²) < 4.78 is 44.2. The highest BCUT2D eigenvalue weighted by atomic mass is 19.4. The van der Waals surface area contributed by atoms with Crippen molar-refractivity contribution in [2.75, 3.05) is 37.7 Å². The Morgan fingerprint density at radius 2 is 1.94 bits per heavy atom. The molecule has 0 bridgehead atoms. The number of likely N-dealkylation sites (tertiary alicyclic amines) is 1. The van der Waals surface area contributed by atoms with Gasteiger partial charge in [-0.05, 0) is 35.4 Å². The summed E-state index contributed by atoms with van der Waals surface area (Å²) >= 11 is 0. The fourth-order valence-corrected chi connectivity index (χ4v) is 4.04. The van der Waals surface area contributed by atoms with Crippen molar-refractivity contribution in [3.05, 3.63) is 59.3 Å². The lowest BCUT2D eigenvalue weighted by Crippen LogP contribution is -2.37. The number of ether oxygens (including phenoxy) is 1. The van der Waals surface area contributed by atoms with Gasteiger partial charge < -0.3 is 19.9 Å². The lowest BCUT2D eigenvalue weighted by atomic mass is 10.1. The molecule has 1 aromatic carbocycles. The van der Waals surface area contributed by atoms with Crippen LogP contribution in [0.4, 0.5) is 19.0 Å². The molecule has 7 nitrogen and oxygen atoms in total. The van der Waals surface area contributed by atoms with Crippen molar-refractivity contribution >= 4 is 17.6 Å². The highest BCUT2D eigenvalue weighted by Gasteiger charge is 2.35. The molecule has 2 aliphatic rings. The van der Waals surface area contributed by atoms with E-state index < -0.39 is 17.7 Å². The molecule has 1 atom stereocenters. The van der Waals surface area contributed by atoms with E-state index in [9.17, 15) is 22.8 Å². The maximum atomic E-state index is 12.9. The number of halogens is 3. The van der Waals surface area contributed by atoms with Gasteiger partial charge in [-0.1, -0.05) is 12.1 Å². The van der Waals surface area contributed by atoms with Gasteiger partial charge in [-0.3, -0.25) is 9.59 Å². The maximum absolute atomic E-state index is 12.9. The van der Waals surface area contributed by atoms with Crippen molar-refractivity contribution in [1.82, 2.24) is 15.2 Å². The average Bonchev–Trinajstić information content (AvgIpc) is 3.18. The number of carbonyl (C=O) groups excluding carboxylic acids is 2. The van der Waals surface area contributed by atoms with E-state index in [1.165, 1.54) is 11.0 Å². The Morgan fingerprint density at radius 3 is 2.70 bits per heavy atom. The lowest BCUT2D eigenvalue weighted by molar-refractivity contribution is -0.137. The maximum Gasteiger partial charge on any atom is 0.416 e. The summed E-state index contributed by atoms with van der Waals surface area (Å²) in [6.45, 7) is 3.33. The van der Waals surface area contributed by atoms with Gasteiger partial charge in [0.1, 0.15) is 5.82 Å². The molecule has 0 spiro atoms. The third-order valence-electron chi connectivity index (χ3n) is 5.82. The summed E-state index contributed by atoms with van der Waals surface area (Å²) in [5.41, 5.74) is 0.520. The second-order valence-corrected chi connectivity index (χ2v) is 8.21. The van der Waals surface area contributed by atoms with Gasteiger partial charge in [0.2, 0.25) is 11.8 Å². The molecule has 1 aromatic heterocycles. The number of anilines is 1. The largest absolute Gasteiger partial charge is 0.416 e. The van der Waals surface area contributed by atoms with Crippen LogP contribution in [-0.4, -0.2) is 54.5 Å². The van der Waals surface area contributed by atoms with E-state index in [1.807, 2.05) is 12.1 Å². The highest BCUT2D eigenvalue weighted by Crippen LogP contribution is 2.30. The summed E-state index contributed by atoms with van der Waals surface area (Å²) in [6, 6.07) is 8.65. The van der Waals surface area contributed by atoms with E-state index in [0.29, 0.717) is 25.3 Å². The number of rotatable bonds is 6. The minimum atomic E-state index is -4.44. The quantitative estimate of drug-likeness (QED) is 0.715. The van der Waals surface area contributed by atoms with Gasteiger partial charge in [-0.15, -0.1) is 0 Å². The Bertz CT molecular complexity index is 1010. The third-order valence-corrected chi connectivity index (χ3v) is 5.82. The Hall–Kier alpha value is -3.14. The highest BCUT2D eigenvalue weighted by molar-refractivity contribution is 5.89. The van der Waals surface area contributed by atoms with Gasteiger partial charge in [-0.25, -0.2) is 4.98 Å². The normalized spacial score (nSPS) is 19.1. The molecule has 176 valence electrons. The Morgan fingerprint density at radius 1 is 1.15 bits per heavy atom. The number of hydrogen-bond donors (Lipinski definition) is 1. The molecule has 2 saturated heterocycles. The van der Waals surface area contributed by atoms with Crippen molar-refractivity contribution in [3.8, 4) is 0 Å². The van der Waals surface area contributed by atoms with Gasteiger partial charge in [-0.2, -0.15) is 13.2 Å². The summed E-state index contributed by atoms with van der Waals surface area (Å²) in [5, 5.41) is 2.87. The number of alkyl halides is 3. The standard InChI is InChI=1S/C23H25F3N4O3/c24-23(25,26)19-3-1-2-17(10-19)14-30-15-18(12-21(30)31)22(32)28-13-16-4-5-27-20(11-16)29-6-8-33-9-7-29/h1-5,10-11,18H,6-9,12-15H2,(H,28,32). The van der Waals surface area contributed by atoms with Crippen molar-refractivity contribution in [3.63, 3.8) is 0 Å². The molecule has 10 heteroatoms. The van der Waals surface area contributed by atoms with Crippen molar-refractivity contribution in [1.29, 1.82) is 0 Å². The lowest BCUT2D eigenvalue weighted by Gasteiger charge is -2.28. The number of morpholine rings is 1. The molecule has 0 radical (unpaired) electrons. The fraction of sp³-hybridized carbons (Fsp3) is 0.435. The van der Waals surface area contributed by atoms with E-state index in [2.05, 4.69) is 15.2 Å². The summed E-state index contributed by atoms with van der Waals surface area (Å²) in [4.78, 5) is 33.0. The molecule has 3 heterocycles. The number of benzene rings is 1. The number of nitrogens with one attached hydrogen (secondary N) is 1. The molecule has 0 saturated carbocycles. The molecule has 2 aliphatic heterocycles. The molecular formula is C23H25F3N4O3. The zero-order valence-corrected chi connectivity index (χ0v) is 18.0. The van der Waals surface area contributed by atoms with Gasteiger partial charge in [0.05, 0.1) is 24.7 Å². The van der Waals surface area contributed by atoms with Crippen LogP contribution in [0.5, 0.6) is 0 Å². The van der Waals surface area contributed by atoms with E-state index in [4.69, 9.17) is 4.74 Å². The van der Waals surface area contributed by atoms with Crippen molar-refractivity contribution < 1.29 is 27.5 Å². The van der Waals surface area contributed by atoms with Crippen LogP contribution in [0, 0.1) is 5.92 Å². The Labute approximate surface area is 189 Å². The molecular weight excluding hydrogens is 437 g/mol.